The minimum Gasteiger partial charge on any atom is -0.481 e. The minimum atomic E-state index is -0.839. The number of carbonyl (C=O) groups excluding carboxylic acids is 1. The predicted molar refractivity (Wildman–Crippen MR) is 93.7 cm³/mol. The number of nitrogens with zero attached hydrogens (tertiary/aromatic N) is 2. The molecular weight excluding hydrogens is 326 g/mol. The molecule has 6 nitrogen and oxygen atoms in total. The average molecular weight is 349 g/mol. The molecule has 7 heteroatoms. The number of hydrogen-bond donors (Lipinski definition) is 2. The largest absolute Gasteiger partial charge is 0.481 e. The Morgan fingerprint density at radius 2 is 2.12 bits per heavy atom. The fourth-order valence-electron chi connectivity index (χ4n) is 3.29. The molecule has 0 bridgehead atoms. The summed E-state index contributed by atoms with van der Waals surface area (Å²) >= 11 is 1.48. The van der Waals surface area contributed by atoms with Gasteiger partial charge >= 0.3 is 5.97 Å². The van der Waals surface area contributed by atoms with E-state index in [9.17, 15) is 9.59 Å². The van der Waals surface area contributed by atoms with Crippen molar-refractivity contribution >= 4 is 33.4 Å². The molecule has 1 saturated carbocycles. The van der Waals surface area contributed by atoms with Gasteiger partial charge in [0, 0.05) is 18.4 Å². The molecule has 130 valence electrons. The Labute approximate surface area is 144 Å². The standard InChI is InChI=1S/C17H23N3O3S/c1-11-13-10-14(16(23)18-9-5-8-15(21)22)24-17(13)20(19-11)12-6-3-2-4-7-12/h10,12H,2-9H2,1H3,(H,18,23)(H,21,22). The maximum atomic E-state index is 12.3. The summed E-state index contributed by atoms with van der Waals surface area (Å²) < 4.78 is 2.12. The van der Waals surface area contributed by atoms with Gasteiger partial charge in [0.1, 0.15) is 4.83 Å². The van der Waals surface area contributed by atoms with Crippen molar-refractivity contribution in [2.24, 2.45) is 0 Å². The predicted octanol–water partition coefficient (Wildman–Crippen LogP) is 3.51. The Kier molecular flexibility index (Phi) is 5.18. The quantitative estimate of drug-likeness (QED) is 0.782. The van der Waals surface area contributed by atoms with Crippen molar-refractivity contribution in [3.63, 3.8) is 0 Å². The fraction of sp³-hybridized carbons (Fsp3) is 0.588. The molecule has 2 aromatic heterocycles. The second-order valence-electron chi connectivity index (χ2n) is 6.40. The van der Waals surface area contributed by atoms with Crippen molar-refractivity contribution in [3.8, 4) is 0 Å². The Balaban J connectivity index is 1.73. The molecule has 0 atom stereocenters. The van der Waals surface area contributed by atoms with Gasteiger partial charge in [0.2, 0.25) is 0 Å². The number of aromatic nitrogens is 2. The van der Waals surface area contributed by atoms with Crippen LogP contribution < -0.4 is 5.32 Å². The van der Waals surface area contributed by atoms with E-state index >= 15 is 0 Å². The van der Waals surface area contributed by atoms with Gasteiger partial charge in [-0.3, -0.25) is 14.3 Å². The molecule has 3 rings (SSSR count). The van der Waals surface area contributed by atoms with Crippen LogP contribution in [0.2, 0.25) is 0 Å². The van der Waals surface area contributed by atoms with Crippen LogP contribution in [0.4, 0.5) is 0 Å². The average Bonchev–Trinajstić information content (AvgIpc) is 3.13. The molecular formula is C17H23N3O3S. The smallest absolute Gasteiger partial charge is 0.303 e. The number of carboxylic acids is 1. The summed E-state index contributed by atoms with van der Waals surface area (Å²) in [6, 6.07) is 2.36. The third-order valence-corrected chi connectivity index (χ3v) is 5.69. The van der Waals surface area contributed by atoms with Gasteiger partial charge in [0.05, 0.1) is 16.6 Å². The monoisotopic (exact) mass is 349 g/mol. The molecule has 1 amide bonds. The van der Waals surface area contributed by atoms with E-state index < -0.39 is 5.97 Å². The summed E-state index contributed by atoms with van der Waals surface area (Å²) in [6.45, 7) is 2.37. The maximum Gasteiger partial charge on any atom is 0.303 e. The van der Waals surface area contributed by atoms with Gasteiger partial charge in [-0.05, 0) is 32.3 Å². The van der Waals surface area contributed by atoms with E-state index in [1.165, 1.54) is 30.6 Å². The van der Waals surface area contributed by atoms with Crippen LogP contribution in [0.25, 0.3) is 10.2 Å². The van der Waals surface area contributed by atoms with Gasteiger partial charge in [-0.15, -0.1) is 11.3 Å². The summed E-state index contributed by atoms with van der Waals surface area (Å²) in [5.41, 5.74) is 0.969. The summed E-state index contributed by atoms with van der Waals surface area (Å²) in [6.07, 6.45) is 6.62. The van der Waals surface area contributed by atoms with Gasteiger partial charge in [-0.1, -0.05) is 19.3 Å². The second kappa shape index (κ2) is 7.34. The van der Waals surface area contributed by atoms with Crippen molar-refractivity contribution in [3.05, 3.63) is 16.6 Å². The number of carbonyl (C=O) groups is 2. The van der Waals surface area contributed by atoms with Crippen LogP contribution in [0.15, 0.2) is 6.07 Å². The fourth-order valence-corrected chi connectivity index (χ4v) is 4.44. The molecule has 0 aromatic carbocycles. The van der Waals surface area contributed by atoms with E-state index in [-0.39, 0.29) is 12.3 Å². The highest BCUT2D eigenvalue weighted by Gasteiger charge is 2.22. The maximum absolute atomic E-state index is 12.3. The highest BCUT2D eigenvalue weighted by Crippen LogP contribution is 2.35. The number of hydrogen-bond acceptors (Lipinski definition) is 4. The highest BCUT2D eigenvalue weighted by molar-refractivity contribution is 7.20. The first-order valence-corrected chi connectivity index (χ1v) is 9.36. The van der Waals surface area contributed by atoms with Gasteiger partial charge < -0.3 is 10.4 Å². The number of aliphatic carboxylic acids is 1. The van der Waals surface area contributed by atoms with E-state index in [0.29, 0.717) is 23.9 Å². The number of amides is 1. The summed E-state index contributed by atoms with van der Waals surface area (Å²) in [7, 11) is 0. The molecule has 1 fully saturated rings. The van der Waals surface area contributed by atoms with Crippen LogP contribution in [-0.2, 0) is 4.79 Å². The summed E-state index contributed by atoms with van der Waals surface area (Å²) in [4.78, 5) is 24.5. The molecule has 1 aliphatic rings. The zero-order valence-corrected chi connectivity index (χ0v) is 14.7. The third-order valence-electron chi connectivity index (χ3n) is 4.57. The van der Waals surface area contributed by atoms with Crippen LogP contribution in [0.3, 0.4) is 0 Å². The van der Waals surface area contributed by atoms with Crippen LogP contribution >= 0.6 is 11.3 Å². The zero-order chi connectivity index (χ0) is 17.1. The molecule has 0 unspecified atom stereocenters. The van der Waals surface area contributed by atoms with E-state index in [4.69, 9.17) is 10.2 Å². The Bertz CT molecular complexity index is 744. The number of carboxylic acid groups (broad SMARTS) is 1. The lowest BCUT2D eigenvalue weighted by atomic mass is 9.96. The van der Waals surface area contributed by atoms with E-state index in [1.807, 2.05) is 13.0 Å². The van der Waals surface area contributed by atoms with E-state index in [2.05, 4.69) is 10.00 Å². The molecule has 0 saturated heterocycles. The summed E-state index contributed by atoms with van der Waals surface area (Å²) in [5, 5.41) is 17.2. The van der Waals surface area contributed by atoms with Crippen molar-refractivity contribution in [2.75, 3.05) is 6.54 Å². The lowest BCUT2D eigenvalue weighted by Gasteiger charge is -2.22. The molecule has 0 radical (unpaired) electrons. The molecule has 2 aromatic rings. The number of thiophene rings is 1. The van der Waals surface area contributed by atoms with Crippen molar-refractivity contribution in [1.29, 1.82) is 0 Å². The van der Waals surface area contributed by atoms with Gasteiger partial charge in [-0.25, -0.2) is 0 Å². The first-order valence-electron chi connectivity index (χ1n) is 8.55. The van der Waals surface area contributed by atoms with Crippen LogP contribution in [-0.4, -0.2) is 33.3 Å². The number of nitrogens with one attached hydrogen (secondary N) is 1. The number of fused-ring (bicyclic) bond motifs is 1. The Morgan fingerprint density at radius 3 is 2.83 bits per heavy atom. The van der Waals surface area contributed by atoms with Gasteiger partial charge in [0.25, 0.3) is 5.91 Å². The van der Waals surface area contributed by atoms with Crippen molar-refractivity contribution in [2.45, 2.75) is 57.9 Å². The Hall–Kier alpha value is -1.89. The molecule has 1 aliphatic carbocycles. The molecule has 2 heterocycles. The SMILES string of the molecule is Cc1nn(C2CCCCC2)c2sc(C(=O)NCCCC(=O)O)cc12. The topological polar surface area (TPSA) is 84.2 Å². The van der Waals surface area contributed by atoms with Crippen molar-refractivity contribution < 1.29 is 14.7 Å². The highest BCUT2D eigenvalue weighted by atomic mass is 32.1. The summed E-state index contributed by atoms with van der Waals surface area (Å²) in [5.74, 6) is -0.967. The molecule has 24 heavy (non-hydrogen) atoms. The van der Waals surface area contributed by atoms with Crippen molar-refractivity contribution in [1.82, 2.24) is 15.1 Å². The van der Waals surface area contributed by atoms with E-state index in [0.717, 1.165) is 28.8 Å². The molecule has 0 spiro atoms. The Morgan fingerprint density at radius 1 is 1.38 bits per heavy atom. The normalized spacial score (nSPS) is 15.7. The third kappa shape index (κ3) is 3.61. The van der Waals surface area contributed by atoms with Gasteiger partial charge in [0.15, 0.2) is 0 Å². The molecule has 2 N–H and O–H groups in total. The number of rotatable bonds is 6. The van der Waals surface area contributed by atoms with Crippen LogP contribution in [0.1, 0.15) is 66.4 Å². The zero-order valence-electron chi connectivity index (χ0n) is 13.9. The number of aryl methyl sites for hydroxylation is 1. The molecule has 0 aliphatic heterocycles. The lowest BCUT2D eigenvalue weighted by molar-refractivity contribution is -0.137. The van der Waals surface area contributed by atoms with Crippen LogP contribution in [0, 0.1) is 6.92 Å². The van der Waals surface area contributed by atoms with Crippen LogP contribution in [0.5, 0.6) is 0 Å². The van der Waals surface area contributed by atoms with E-state index in [1.54, 1.807) is 0 Å². The van der Waals surface area contributed by atoms with Gasteiger partial charge in [-0.2, -0.15) is 5.10 Å². The first kappa shape index (κ1) is 17.0. The second-order valence-corrected chi connectivity index (χ2v) is 7.44. The first-order chi connectivity index (χ1) is 11.6. The lowest BCUT2D eigenvalue weighted by Crippen LogP contribution is -2.24. The minimum absolute atomic E-state index is 0.0719.